The van der Waals surface area contributed by atoms with E-state index in [-0.39, 0.29) is 5.52 Å². The zero-order valence-electron chi connectivity index (χ0n) is 9.84. The minimum Gasteiger partial charge on any atom is -0.303 e. The quantitative estimate of drug-likeness (QED) is 0.689. The number of alkyl halides is 3. The third-order valence-corrected chi connectivity index (χ3v) is 2.49. The largest absolute Gasteiger partial charge is 0.435 e. The number of hydrogen-bond donors (Lipinski definition) is 0. The first-order valence-electron chi connectivity index (χ1n) is 5.26. The second-order valence-corrected chi connectivity index (χ2v) is 4.99. The Morgan fingerprint density at radius 2 is 1.76 bits per heavy atom. The van der Waals surface area contributed by atoms with Gasteiger partial charge in [0.1, 0.15) is 5.82 Å². The molecule has 0 saturated carbocycles. The van der Waals surface area contributed by atoms with Gasteiger partial charge in [-0.05, 0) is 12.1 Å². The third-order valence-electron chi connectivity index (χ3n) is 2.49. The molecule has 0 radical (unpaired) electrons. The molecule has 0 bridgehead atoms. The minimum atomic E-state index is -4.42. The first-order chi connectivity index (χ1) is 7.71. The molecule has 2 aromatic rings. The van der Waals surface area contributed by atoms with Crippen molar-refractivity contribution in [3.05, 3.63) is 35.9 Å². The summed E-state index contributed by atoms with van der Waals surface area (Å²) in [5, 5.41) is 0. The topological polar surface area (TPSA) is 17.3 Å². The van der Waals surface area contributed by atoms with E-state index in [1.54, 1.807) is 18.3 Å². The van der Waals surface area contributed by atoms with Gasteiger partial charge in [0.2, 0.25) is 0 Å². The molecule has 0 aliphatic carbocycles. The van der Waals surface area contributed by atoms with Gasteiger partial charge in [0, 0.05) is 11.6 Å². The lowest BCUT2D eigenvalue weighted by Crippen LogP contribution is -2.16. The smallest absolute Gasteiger partial charge is 0.303 e. The van der Waals surface area contributed by atoms with Gasteiger partial charge in [0.05, 0.1) is 5.52 Å². The molecule has 0 amide bonds. The Balaban J connectivity index is 2.81. The summed E-state index contributed by atoms with van der Waals surface area (Å²) in [6, 6.07) is 4.72. The Labute approximate surface area is 97.1 Å². The zero-order chi connectivity index (χ0) is 12.8. The summed E-state index contributed by atoms with van der Waals surface area (Å²) >= 11 is 0. The fourth-order valence-corrected chi connectivity index (χ4v) is 1.78. The first-order valence-corrected chi connectivity index (χ1v) is 5.26. The van der Waals surface area contributed by atoms with Crippen LogP contribution in [0, 0.1) is 0 Å². The number of aromatic nitrogens is 2. The van der Waals surface area contributed by atoms with Crippen molar-refractivity contribution in [1.82, 2.24) is 9.38 Å². The maximum Gasteiger partial charge on any atom is 0.435 e. The van der Waals surface area contributed by atoms with Gasteiger partial charge in [-0.3, -0.25) is 0 Å². The van der Waals surface area contributed by atoms with Crippen LogP contribution < -0.4 is 0 Å². The molecule has 0 fully saturated rings. The zero-order valence-corrected chi connectivity index (χ0v) is 9.84. The number of nitrogens with zero attached hydrogens (tertiary/aromatic N) is 2. The predicted octanol–water partition coefficient (Wildman–Crippen LogP) is 3.65. The predicted molar refractivity (Wildman–Crippen MR) is 58.9 cm³/mol. The lowest BCUT2D eigenvalue weighted by Gasteiger charge is -2.16. The van der Waals surface area contributed by atoms with Crippen molar-refractivity contribution in [2.45, 2.75) is 32.4 Å². The molecule has 0 unspecified atom stereocenters. The van der Waals surface area contributed by atoms with Crippen LogP contribution in [-0.4, -0.2) is 9.38 Å². The second-order valence-electron chi connectivity index (χ2n) is 4.99. The highest BCUT2D eigenvalue weighted by molar-refractivity contribution is 5.55. The van der Waals surface area contributed by atoms with Crippen LogP contribution in [0.1, 0.15) is 32.3 Å². The molecule has 5 heteroatoms. The van der Waals surface area contributed by atoms with Crippen LogP contribution in [0.25, 0.3) is 5.52 Å². The van der Waals surface area contributed by atoms with Crippen molar-refractivity contribution in [3.8, 4) is 0 Å². The molecule has 0 spiro atoms. The van der Waals surface area contributed by atoms with E-state index in [9.17, 15) is 13.2 Å². The number of rotatable bonds is 0. The molecule has 92 valence electrons. The molecule has 0 atom stereocenters. The van der Waals surface area contributed by atoms with Gasteiger partial charge < -0.3 is 4.40 Å². The van der Waals surface area contributed by atoms with Gasteiger partial charge in [-0.1, -0.05) is 26.8 Å². The van der Waals surface area contributed by atoms with Gasteiger partial charge in [0.15, 0.2) is 5.69 Å². The SMILES string of the molecule is CC(C)(C)c1nc(C(F)(F)F)c2ccccn12. The van der Waals surface area contributed by atoms with Crippen LogP contribution >= 0.6 is 0 Å². The van der Waals surface area contributed by atoms with Crippen molar-refractivity contribution in [2.75, 3.05) is 0 Å². The van der Waals surface area contributed by atoms with Gasteiger partial charge in [-0.15, -0.1) is 0 Å². The van der Waals surface area contributed by atoms with E-state index in [0.29, 0.717) is 5.82 Å². The molecule has 2 nitrogen and oxygen atoms in total. The van der Waals surface area contributed by atoms with Crippen molar-refractivity contribution in [1.29, 1.82) is 0 Å². The summed E-state index contributed by atoms with van der Waals surface area (Å²) in [5.74, 6) is 0.417. The molecule has 2 aromatic heterocycles. The van der Waals surface area contributed by atoms with Crippen LogP contribution in [0.2, 0.25) is 0 Å². The van der Waals surface area contributed by atoms with Gasteiger partial charge in [-0.25, -0.2) is 4.98 Å². The van der Waals surface area contributed by atoms with Crippen LogP contribution in [0.4, 0.5) is 13.2 Å². The molecular weight excluding hydrogens is 229 g/mol. The first kappa shape index (κ1) is 12.0. The molecule has 17 heavy (non-hydrogen) atoms. The van der Waals surface area contributed by atoms with E-state index in [0.717, 1.165) is 0 Å². The van der Waals surface area contributed by atoms with Crippen molar-refractivity contribution < 1.29 is 13.2 Å². The maximum atomic E-state index is 12.8. The summed E-state index contributed by atoms with van der Waals surface area (Å²) in [6.07, 6.45) is -2.81. The number of hydrogen-bond acceptors (Lipinski definition) is 1. The molecule has 2 rings (SSSR count). The molecular formula is C12H13F3N2. The van der Waals surface area contributed by atoms with E-state index < -0.39 is 17.3 Å². The number of halogens is 3. The fraction of sp³-hybridized carbons (Fsp3) is 0.417. The van der Waals surface area contributed by atoms with E-state index in [4.69, 9.17) is 0 Å². The van der Waals surface area contributed by atoms with Crippen LogP contribution in [0.5, 0.6) is 0 Å². The Hall–Kier alpha value is -1.52. The summed E-state index contributed by atoms with van der Waals surface area (Å²) in [7, 11) is 0. The van der Waals surface area contributed by atoms with E-state index in [2.05, 4.69) is 4.98 Å². The van der Waals surface area contributed by atoms with Gasteiger partial charge >= 0.3 is 6.18 Å². The van der Waals surface area contributed by atoms with Crippen LogP contribution in [0.15, 0.2) is 24.4 Å². The third kappa shape index (κ3) is 2.01. The number of imidazole rings is 1. The van der Waals surface area contributed by atoms with Crippen molar-refractivity contribution in [3.63, 3.8) is 0 Å². The normalized spacial score (nSPS) is 13.3. The molecule has 2 heterocycles. The number of fused-ring (bicyclic) bond motifs is 1. The van der Waals surface area contributed by atoms with Gasteiger partial charge in [-0.2, -0.15) is 13.2 Å². The Morgan fingerprint density at radius 3 is 2.29 bits per heavy atom. The lowest BCUT2D eigenvalue weighted by molar-refractivity contribution is -0.139. The van der Waals surface area contributed by atoms with E-state index in [1.165, 1.54) is 10.5 Å². The summed E-state index contributed by atoms with van der Waals surface area (Å²) < 4.78 is 40.0. The second kappa shape index (κ2) is 3.48. The summed E-state index contributed by atoms with van der Waals surface area (Å²) in [6.45, 7) is 5.53. The molecule has 0 aromatic carbocycles. The molecule has 0 aliphatic rings. The van der Waals surface area contributed by atoms with E-state index >= 15 is 0 Å². The highest BCUT2D eigenvalue weighted by Gasteiger charge is 2.38. The monoisotopic (exact) mass is 242 g/mol. The standard InChI is InChI=1S/C12H13F3N2/c1-11(2,3)10-16-9(12(13,14)15)8-6-4-5-7-17(8)10/h4-7H,1-3H3. The highest BCUT2D eigenvalue weighted by atomic mass is 19.4. The molecule has 0 aliphatic heterocycles. The fourth-order valence-electron chi connectivity index (χ4n) is 1.78. The Bertz CT molecular complexity index is 499. The maximum absolute atomic E-state index is 12.8. The minimum absolute atomic E-state index is 0.102. The average molecular weight is 242 g/mol. The Kier molecular flexibility index (Phi) is 2.45. The summed E-state index contributed by atoms with van der Waals surface area (Å²) in [5.41, 5.74) is -1.15. The Morgan fingerprint density at radius 1 is 1.12 bits per heavy atom. The molecule has 0 saturated heterocycles. The highest BCUT2D eigenvalue weighted by Crippen LogP contribution is 2.34. The average Bonchev–Trinajstić information content (AvgIpc) is 2.55. The van der Waals surface area contributed by atoms with Crippen LogP contribution in [0.3, 0.4) is 0 Å². The number of pyridine rings is 1. The van der Waals surface area contributed by atoms with Crippen molar-refractivity contribution in [2.24, 2.45) is 0 Å². The summed E-state index contributed by atoms with van der Waals surface area (Å²) in [4.78, 5) is 3.77. The lowest BCUT2D eigenvalue weighted by atomic mass is 9.96. The van der Waals surface area contributed by atoms with Gasteiger partial charge in [0.25, 0.3) is 0 Å². The van der Waals surface area contributed by atoms with E-state index in [1.807, 2.05) is 20.8 Å². The van der Waals surface area contributed by atoms with Crippen LogP contribution in [-0.2, 0) is 11.6 Å². The van der Waals surface area contributed by atoms with Crippen molar-refractivity contribution >= 4 is 5.52 Å². The molecule has 0 N–H and O–H groups in total.